The molecule has 0 bridgehead atoms. The van der Waals surface area contributed by atoms with Crippen molar-refractivity contribution in [2.75, 3.05) is 25.1 Å². The summed E-state index contributed by atoms with van der Waals surface area (Å²) in [5.41, 5.74) is 5.43. The van der Waals surface area contributed by atoms with Gasteiger partial charge in [0, 0.05) is 18.8 Å². The maximum atomic E-state index is 12.6. The molecule has 1 fully saturated rings. The summed E-state index contributed by atoms with van der Waals surface area (Å²) in [6.07, 6.45) is 2.50. The minimum Gasteiger partial charge on any atom is -0.468 e. The molecule has 0 spiro atoms. The van der Waals surface area contributed by atoms with Gasteiger partial charge in [-0.15, -0.1) is 0 Å². The molecule has 28 heavy (non-hydrogen) atoms. The van der Waals surface area contributed by atoms with Crippen LogP contribution < -0.4 is 4.90 Å². The zero-order valence-electron chi connectivity index (χ0n) is 16.2. The highest BCUT2D eigenvalue weighted by molar-refractivity contribution is 5.82. The number of hydrogen-bond acceptors (Lipinski definition) is 3. The minimum absolute atomic E-state index is 0.235. The molecule has 0 N–H and O–H groups in total. The van der Waals surface area contributed by atoms with Gasteiger partial charge < -0.3 is 9.64 Å². The van der Waals surface area contributed by atoms with E-state index in [0.29, 0.717) is 0 Å². The molecule has 3 aromatic carbocycles. The number of carbonyl (C=O) groups excluding carboxylic acids is 1. The van der Waals surface area contributed by atoms with E-state index in [1.54, 1.807) is 0 Å². The predicted molar refractivity (Wildman–Crippen MR) is 114 cm³/mol. The molecule has 1 saturated heterocycles. The Hall–Kier alpha value is -3.07. The lowest BCUT2D eigenvalue weighted by Gasteiger charge is -2.20. The van der Waals surface area contributed by atoms with Crippen molar-refractivity contribution >= 4 is 11.7 Å². The highest BCUT2D eigenvalue weighted by Crippen LogP contribution is 2.30. The summed E-state index contributed by atoms with van der Waals surface area (Å²) < 4.78 is 5.12. The lowest BCUT2D eigenvalue weighted by molar-refractivity contribution is -0.141. The number of rotatable bonds is 5. The molecule has 1 aliphatic rings. The Morgan fingerprint density at radius 2 is 1.32 bits per heavy atom. The largest absolute Gasteiger partial charge is 0.468 e. The summed E-state index contributed by atoms with van der Waals surface area (Å²) in [4.78, 5) is 15.0. The van der Waals surface area contributed by atoms with Gasteiger partial charge >= 0.3 is 5.97 Å². The van der Waals surface area contributed by atoms with Crippen molar-refractivity contribution in [2.24, 2.45) is 0 Å². The molecule has 0 aliphatic carbocycles. The van der Waals surface area contributed by atoms with Gasteiger partial charge in [-0.25, -0.2) is 0 Å². The van der Waals surface area contributed by atoms with Crippen LogP contribution in [0, 0.1) is 0 Å². The molecule has 3 heteroatoms. The third-order valence-corrected chi connectivity index (χ3v) is 5.49. The summed E-state index contributed by atoms with van der Waals surface area (Å²) in [7, 11) is 1.45. The third-order valence-electron chi connectivity index (χ3n) is 5.49. The Morgan fingerprint density at radius 1 is 0.786 bits per heavy atom. The Morgan fingerprint density at radius 3 is 1.89 bits per heavy atom. The molecule has 0 saturated carbocycles. The molecule has 4 rings (SSSR count). The van der Waals surface area contributed by atoms with Crippen LogP contribution in [0.1, 0.15) is 29.9 Å². The summed E-state index contributed by atoms with van der Waals surface area (Å²) in [6.45, 7) is 2.22. The zero-order valence-corrected chi connectivity index (χ0v) is 16.2. The van der Waals surface area contributed by atoms with Crippen LogP contribution in [0.3, 0.4) is 0 Å². The van der Waals surface area contributed by atoms with Crippen LogP contribution in [0.5, 0.6) is 0 Å². The number of anilines is 1. The molecule has 3 nitrogen and oxygen atoms in total. The fraction of sp³-hybridized carbons (Fsp3) is 0.240. The highest BCUT2D eigenvalue weighted by atomic mass is 16.5. The number of methoxy groups -OCH3 is 1. The Kier molecular flexibility index (Phi) is 5.43. The second kappa shape index (κ2) is 8.30. The van der Waals surface area contributed by atoms with E-state index in [0.717, 1.165) is 29.8 Å². The maximum Gasteiger partial charge on any atom is 0.317 e. The molecule has 1 atom stereocenters. The van der Waals surface area contributed by atoms with Crippen LogP contribution in [-0.4, -0.2) is 26.2 Å². The quantitative estimate of drug-likeness (QED) is 0.573. The van der Waals surface area contributed by atoms with Crippen molar-refractivity contribution in [2.45, 2.75) is 18.8 Å². The van der Waals surface area contributed by atoms with Crippen LogP contribution in [0.4, 0.5) is 5.69 Å². The monoisotopic (exact) mass is 371 g/mol. The maximum absolute atomic E-state index is 12.6. The van der Waals surface area contributed by atoms with E-state index < -0.39 is 5.92 Å². The second-order valence-electron chi connectivity index (χ2n) is 7.23. The number of esters is 1. The van der Waals surface area contributed by atoms with E-state index in [4.69, 9.17) is 4.74 Å². The van der Waals surface area contributed by atoms with Gasteiger partial charge in [0.1, 0.15) is 5.92 Å². The molecule has 1 aliphatic heterocycles. The van der Waals surface area contributed by atoms with Crippen molar-refractivity contribution in [1.29, 1.82) is 0 Å². The normalized spacial score (nSPS) is 14.7. The smallest absolute Gasteiger partial charge is 0.317 e. The Balaban J connectivity index is 1.62. The molecule has 0 aromatic heterocycles. The van der Waals surface area contributed by atoms with Gasteiger partial charge in [0.05, 0.1) is 7.11 Å². The molecule has 1 heterocycles. The zero-order chi connectivity index (χ0) is 19.3. The van der Waals surface area contributed by atoms with Gasteiger partial charge in [0.2, 0.25) is 0 Å². The molecule has 0 unspecified atom stereocenters. The van der Waals surface area contributed by atoms with Gasteiger partial charge in [-0.2, -0.15) is 0 Å². The fourth-order valence-corrected chi connectivity index (χ4v) is 3.93. The van der Waals surface area contributed by atoms with Gasteiger partial charge in [-0.1, -0.05) is 66.7 Å². The van der Waals surface area contributed by atoms with Crippen molar-refractivity contribution < 1.29 is 9.53 Å². The van der Waals surface area contributed by atoms with Crippen molar-refractivity contribution in [3.63, 3.8) is 0 Å². The summed E-state index contributed by atoms with van der Waals surface area (Å²) >= 11 is 0. The van der Waals surface area contributed by atoms with E-state index in [-0.39, 0.29) is 5.97 Å². The van der Waals surface area contributed by atoms with E-state index in [1.165, 1.54) is 31.2 Å². The van der Waals surface area contributed by atoms with Crippen LogP contribution >= 0.6 is 0 Å². The average Bonchev–Trinajstić information content (AvgIpc) is 3.30. The number of benzene rings is 3. The van der Waals surface area contributed by atoms with E-state index in [1.807, 2.05) is 30.3 Å². The van der Waals surface area contributed by atoms with Gasteiger partial charge in [-0.3, -0.25) is 4.79 Å². The first-order chi connectivity index (χ1) is 13.8. The molecule has 3 aromatic rings. The first kappa shape index (κ1) is 18.3. The number of hydrogen-bond donors (Lipinski definition) is 0. The first-order valence-corrected chi connectivity index (χ1v) is 9.84. The lowest BCUT2D eigenvalue weighted by atomic mass is 9.90. The number of carbonyl (C=O) groups is 1. The van der Waals surface area contributed by atoms with Gasteiger partial charge in [0.25, 0.3) is 0 Å². The molecular formula is C25H25NO2. The molecule has 0 radical (unpaired) electrons. The van der Waals surface area contributed by atoms with Gasteiger partial charge in [0.15, 0.2) is 0 Å². The Bertz CT molecular complexity index is 911. The van der Waals surface area contributed by atoms with E-state index in [2.05, 4.69) is 53.4 Å². The Labute approximate surface area is 166 Å². The van der Waals surface area contributed by atoms with Crippen LogP contribution in [-0.2, 0) is 9.53 Å². The standard InChI is InChI=1S/C25H25NO2/c1-28-25(27)24(22-13-15-23(16-14-22)26-17-5-6-18-26)21-11-9-20(10-12-21)19-7-3-2-4-8-19/h2-4,7-16,24H,5-6,17-18H2,1H3/t24-/m1/s1. The first-order valence-electron chi connectivity index (χ1n) is 9.84. The molecule has 142 valence electrons. The van der Waals surface area contributed by atoms with Crippen LogP contribution in [0.2, 0.25) is 0 Å². The van der Waals surface area contributed by atoms with Crippen molar-refractivity contribution in [1.82, 2.24) is 0 Å². The van der Waals surface area contributed by atoms with Crippen LogP contribution in [0.25, 0.3) is 11.1 Å². The fourth-order valence-electron chi connectivity index (χ4n) is 3.93. The average molecular weight is 371 g/mol. The predicted octanol–water partition coefficient (Wildman–Crippen LogP) is 5.26. The van der Waals surface area contributed by atoms with Crippen LogP contribution in [0.15, 0.2) is 78.9 Å². The highest BCUT2D eigenvalue weighted by Gasteiger charge is 2.24. The SMILES string of the molecule is COC(=O)[C@H](c1ccc(-c2ccccc2)cc1)c1ccc(N2CCCC2)cc1. The van der Waals surface area contributed by atoms with E-state index >= 15 is 0 Å². The summed E-state index contributed by atoms with van der Waals surface area (Å²) in [5, 5.41) is 0. The topological polar surface area (TPSA) is 29.5 Å². The molecule has 0 amide bonds. The van der Waals surface area contributed by atoms with Gasteiger partial charge in [-0.05, 0) is 47.2 Å². The number of ether oxygens (including phenoxy) is 1. The second-order valence-corrected chi connectivity index (χ2v) is 7.23. The van der Waals surface area contributed by atoms with Crippen molar-refractivity contribution in [3.8, 4) is 11.1 Å². The van der Waals surface area contributed by atoms with Crippen molar-refractivity contribution in [3.05, 3.63) is 90.0 Å². The molecular weight excluding hydrogens is 346 g/mol. The summed E-state index contributed by atoms with van der Waals surface area (Å²) in [6, 6.07) is 26.8. The third kappa shape index (κ3) is 3.79. The minimum atomic E-state index is -0.414. The summed E-state index contributed by atoms with van der Waals surface area (Å²) in [5.74, 6) is -0.649. The van der Waals surface area contributed by atoms with E-state index in [9.17, 15) is 4.79 Å². The lowest BCUT2D eigenvalue weighted by Crippen LogP contribution is -2.18. The number of nitrogens with zero attached hydrogens (tertiary/aromatic N) is 1.